The van der Waals surface area contributed by atoms with Gasteiger partial charge in [0, 0.05) is 23.3 Å². The van der Waals surface area contributed by atoms with Gasteiger partial charge in [-0.3, -0.25) is 4.79 Å². The molecule has 0 radical (unpaired) electrons. The summed E-state index contributed by atoms with van der Waals surface area (Å²) in [6.07, 6.45) is 3.52. The van der Waals surface area contributed by atoms with Crippen molar-refractivity contribution in [1.82, 2.24) is 9.55 Å². The van der Waals surface area contributed by atoms with Gasteiger partial charge in [0.25, 0.3) is 0 Å². The summed E-state index contributed by atoms with van der Waals surface area (Å²) in [5, 5.41) is 9.17. The lowest BCUT2D eigenvalue weighted by Gasteiger charge is -2.19. The minimum atomic E-state index is -0.284. The van der Waals surface area contributed by atoms with Crippen LogP contribution in [-0.2, 0) is 23.3 Å². The summed E-state index contributed by atoms with van der Waals surface area (Å²) in [5.41, 5.74) is 3.91. The Hall–Kier alpha value is -2.18. The lowest BCUT2D eigenvalue weighted by atomic mass is 9.98. The van der Waals surface area contributed by atoms with Crippen LogP contribution in [0.4, 0.5) is 5.69 Å². The molecule has 5 nitrogen and oxygen atoms in total. The Labute approximate surface area is 172 Å². The van der Waals surface area contributed by atoms with Gasteiger partial charge in [0.1, 0.15) is 5.82 Å². The predicted molar refractivity (Wildman–Crippen MR) is 112 cm³/mol. The fourth-order valence-corrected chi connectivity index (χ4v) is 4.76. The van der Waals surface area contributed by atoms with Gasteiger partial charge in [-0.15, -0.1) is 0 Å². The van der Waals surface area contributed by atoms with E-state index in [-0.39, 0.29) is 17.9 Å². The first-order valence-corrected chi connectivity index (χ1v) is 10.6. The lowest BCUT2D eigenvalue weighted by Crippen LogP contribution is -2.32. The van der Waals surface area contributed by atoms with Crippen LogP contribution < -0.4 is 4.90 Å². The molecular formula is C22H22BrN3O2. The van der Waals surface area contributed by atoms with E-state index in [9.17, 15) is 4.79 Å². The van der Waals surface area contributed by atoms with Crippen molar-refractivity contribution < 1.29 is 9.90 Å². The van der Waals surface area contributed by atoms with Gasteiger partial charge in [-0.25, -0.2) is 4.98 Å². The SMILES string of the molecule is O=C1N(Cc2nc3cc(Br)ccc3n2CCCCO)c2ccccc2C12CC2. The molecule has 1 aliphatic carbocycles. The van der Waals surface area contributed by atoms with Gasteiger partial charge < -0.3 is 14.6 Å². The Morgan fingerprint density at radius 2 is 1.96 bits per heavy atom. The van der Waals surface area contributed by atoms with Gasteiger partial charge in [-0.05, 0) is 55.5 Å². The number of halogens is 1. The third-order valence-corrected chi connectivity index (χ3v) is 6.49. The number of aliphatic hydroxyl groups is 1. The highest BCUT2D eigenvalue weighted by Gasteiger charge is 2.59. The van der Waals surface area contributed by atoms with Gasteiger partial charge in [0.05, 0.1) is 23.0 Å². The molecule has 6 heteroatoms. The van der Waals surface area contributed by atoms with Gasteiger partial charge in [-0.2, -0.15) is 0 Å². The number of aromatic nitrogens is 2. The minimum Gasteiger partial charge on any atom is -0.396 e. The second-order valence-corrected chi connectivity index (χ2v) is 8.65. The Kier molecular flexibility index (Phi) is 4.29. The molecule has 0 bridgehead atoms. The summed E-state index contributed by atoms with van der Waals surface area (Å²) in [6.45, 7) is 1.44. The van der Waals surface area contributed by atoms with E-state index in [4.69, 9.17) is 10.1 Å². The lowest BCUT2D eigenvalue weighted by molar-refractivity contribution is -0.120. The van der Waals surface area contributed by atoms with Crippen molar-refractivity contribution in [3.8, 4) is 0 Å². The van der Waals surface area contributed by atoms with Crippen LogP contribution in [0.5, 0.6) is 0 Å². The van der Waals surface area contributed by atoms with E-state index in [0.29, 0.717) is 6.54 Å². The second kappa shape index (κ2) is 6.71. The zero-order chi connectivity index (χ0) is 19.3. The van der Waals surface area contributed by atoms with Crippen molar-refractivity contribution in [2.45, 2.75) is 44.2 Å². The predicted octanol–water partition coefficient (Wildman–Crippen LogP) is 4.15. The molecule has 1 aliphatic heterocycles. The van der Waals surface area contributed by atoms with Crippen molar-refractivity contribution in [3.05, 3.63) is 58.3 Å². The standard InChI is InChI=1S/C22H22BrN3O2/c23-15-7-8-19-17(13-15)24-20(25(19)11-3-4-12-27)14-26-18-6-2-1-5-16(18)22(9-10-22)21(26)28/h1-2,5-8,13,27H,3-4,9-12,14H2. The maximum Gasteiger partial charge on any atom is 0.238 e. The topological polar surface area (TPSA) is 58.4 Å². The largest absolute Gasteiger partial charge is 0.396 e. The average Bonchev–Trinajstić information content (AvgIpc) is 3.39. The number of hydrogen-bond donors (Lipinski definition) is 1. The number of rotatable bonds is 6. The molecule has 28 heavy (non-hydrogen) atoms. The van der Waals surface area contributed by atoms with E-state index >= 15 is 0 Å². The molecule has 0 unspecified atom stereocenters. The maximum atomic E-state index is 13.2. The number of anilines is 1. The first-order valence-electron chi connectivity index (χ1n) is 9.81. The normalized spacial score (nSPS) is 16.9. The van der Waals surface area contributed by atoms with Gasteiger partial charge in [0.2, 0.25) is 5.91 Å². The Morgan fingerprint density at radius 3 is 2.75 bits per heavy atom. The number of aryl methyl sites for hydroxylation is 1. The molecule has 2 aromatic carbocycles. The number of hydrogen-bond acceptors (Lipinski definition) is 3. The van der Waals surface area contributed by atoms with E-state index in [1.165, 1.54) is 5.56 Å². The van der Waals surface area contributed by atoms with E-state index in [1.807, 2.05) is 29.2 Å². The summed E-state index contributed by atoms with van der Waals surface area (Å²) in [6, 6.07) is 14.3. The third-order valence-electron chi connectivity index (χ3n) is 5.99. The smallest absolute Gasteiger partial charge is 0.238 e. The molecular weight excluding hydrogens is 418 g/mol. The van der Waals surface area contributed by atoms with Crippen LogP contribution in [0, 0.1) is 0 Å². The number of carbonyl (C=O) groups is 1. The van der Waals surface area contributed by atoms with E-state index in [0.717, 1.165) is 59.2 Å². The molecule has 5 rings (SSSR count). The molecule has 144 valence electrons. The fourth-order valence-electron chi connectivity index (χ4n) is 4.41. The highest BCUT2D eigenvalue weighted by atomic mass is 79.9. The molecule has 1 spiro atoms. The number of imidazole rings is 1. The van der Waals surface area contributed by atoms with Crippen LogP contribution in [0.2, 0.25) is 0 Å². The van der Waals surface area contributed by atoms with Crippen LogP contribution in [0.25, 0.3) is 11.0 Å². The summed E-state index contributed by atoms with van der Waals surface area (Å²) in [4.78, 5) is 20.0. The first kappa shape index (κ1) is 17.9. The van der Waals surface area contributed by atoms with E-state index in [2.05, 4.69) is 38.7 Å². The monoisotopic (exact) mass is 439 g/mol. The zero-order valence-electron chi connectivity index (χ0n) is 15.6. The average molecular weight is 440 g/mol. The number of fused-ring (bicyclic) bond motifs is 3. The molecule has 1 aromatic heterocycles. The Bertz CT molecular complexity index is 1070. The molecule has 0 atom stereocenters. The third kappa shape index (κ3) is 2.70. The van der Waals surface area contributed by atoms with Crippen LogP contribution in [0.3, 0.4) is 0 Å². The van der Waals surface area contributed by atoms with Gasteiger partial charge in [-0.1, -0.05) is 34.1 Å². The van der Waals surface area contributed by atoms with Crippen LogP contribution in [0.1, 0.15) is 37.1 Å². The fraction of sp³-hybridized carbons (Fsp3) is 0.364. The molecule has 1 N–H and O–H groups in total. The summed E-state index contributed by atoms with van der Waals surface area (Å²) < 4.78 is 3.19. The number of para-hydroxylation sites is 1. The molecule has 3 aromatic rings. The van der Waals surface area contributed by atoms with Crippen molar-refractivity contribution in [2.75, 3.05) is 11.5 Å². The maximum absolute atomic E-state index is 13.2. The molecule has 2 heterocycles. The first-order chi connectivity index (χ1) is 13.6. The zero-order valence-corrected chi connectivity index (χ0v) is 17.2. The number of benzene rings is 2. The quantitative estimate of drug-likeness (QED) is 0.586. The Balaban J connectivity index is 1.54. The van der Waals surface area contributed by atoms with E-state index in [1.54, 1.807) is 0 Å². The van der Waals surface area contributed by atoms with E-state index < -0.39 is 0 Å². The van der Waals surface area contributed by atoms with Crippen molar-refractivity contribution in [3.63, 3.8) is 0 Å². The summed E-state index contributed by atoms with van der Waals surface area (Å²) in [5.74, 6) is 1.11. The van der Waals surface area contributed by atoms with Crippen molar-refractivity contribution in [2.24, 2.45) is 0 Å². The number of carbonyl (C=O) groups excluding carboxylic acids is 1. The van der Waals surface area contributed by atoms with Crippen LogP contribution in [0.15, 0.2) is 46.9 Å². The molecule has 1 saturated carbocycles. The Morgan fingerprint density at radius 1 is 1.14 bits per heavy atom. The number of amides is 1. The van der Waals surface area contributed by atoms with Crippen LogP contribution in [-0.4, -0.2) is 27.2 Å². The highest BCUT2D eigenvalue weighted by molar-refractivity contribution is 9.10. The number of aliphatic hydroxyl groups excluding tert-OH is 1. The number of nitrogens with zero attached hydrogens (tertiary/aromatic N) is 3. The summed E-state index contributed by atoms with van der Waals surface area (Å²) in [7, 11) is 0. The van der Waals surface area contributed by atoms with Gasteiger partial charge >= 0.3 is 0 Å². The molecule has 2 aliphatic rings. The second-order valence-electron chi connectivity index (χ2n) is 7.73. The van der Waals surface area contributed by atoms with Gasteiger partial charge in [0.15, 0.2) is 0 Å². The minimum absolute atomic E-state index is 0.189. The number of unbranched alkanes of at least 4 members (excludes halogenated alkanes) is 1. The molecule has 1 fully saturated rings. The van der Waals surface area contributed by atoms with Crippen molar-refractivity contribution >= 4 is 38.6 Å². The summed E-state index contributed by atoms with van der Waals surface area (Å²) >= 11 is 3.53. The molecule has 0 saturated heterocycles. The molecule has 1 amide bonds. The van der Waals surface area contributed by atoms with Crippen molar-refractivity contribution in [1.29, 1.82) is 0 Å². The highest BCUT2D eigenvalue weighted by Crippen LogP contribution is 2.57. The van der Waals surface area contributed by atoms with Crippen LogP contribution >= 0.6 is 15.9 Å².